The van der Waals surface area contributed by atoms with Crippen molar-refractivity contribution in [3.63, 3.8) is 0 Å². The van der Waals surface area contributed by atoms with Crippen molar-refractivity contribution < 1.29 is 9.47 Å². The molecule has 0 atom stereocenters. The molecule has 0 aromatic heterocycles. The van der Waals surface area contributed by atoms with Crippen LogP contribution in [0.5, 0.6) is 11.5 Å². The van der Waals surface area contributed by atoms with Gasteiger partial charge in [0, 0.05) is 19.0 Å². The predicted octanol–water partition coefficient (Wildman–Crippen LogP) is 2.78. The molecule has 0 saturated heterocycles. The lowest BCUT2D eigenvalue weighted by atomic mass is 10.1. The first-order valence-electron chi connectivity index (χ1n) is 6.36. The van der Waals surface area contributed by atoms with Gasteiger partial charge in [0.25, 0.3) is 0 Å². The van der Waals surface area contributed by atoms with E-state index in [-0.39, 0.29) is 0 Å². The molecule has 0 bridgehead atoms. The van der Waals surface area contributed by atoms with Crippen molar-refractivity contribution in [1.82, 2.24) is 0 Å². The first-order valence-corrected chi connectivity index (χ1v) is 6.36. The Labute approximate surface area is 114 Å². The number of hydrogen-bond acceptors (Lipinski definition) is 3. The molecule has 0 amide bonds. The van der Waals surface area contributed by atoms with Gasteiger partial charge in [-0.15, -0.1) is 0 Å². The van der Waals surface area contributed by atoms with E-state index in [1.807, 2.05) is 24.3 Å². The minimum atomic E-state index is 0.584. The fourth-order valence-electron chi connectivity index (χ4n) is 1.82. The Morgan fingerprint density at radius 3 is 2.32 bits per heavy atom. The van der Waals surface area contributed by atoms with Crippen molar-refractivity contribution in [1.29, 1.82) is 0 Å². The third kappa shape index (κ3) is 4.00. The lowest BCUT2D eigenvalue weighted by Crippen LogP contribution is -2.02. The molecule has 0 unspecified atom stereocenters. The number of ether oxygens (including phenoxy) is 2. The van der Waals surface area contributed by atoms with Crippen LogP contribution in [0.2, 0.25) is 0 Å². The molecule has 3 nitrogen and oxygen atoms in total. The van der Waals surface area contributed by atoms with Gasteiger partial charge in [-0.2, -0.15) is 0 Å². The van der Waals surface area contributed by atoms with Gasteiger partial charge in [0.15, 0.2) is 0 Å². The van der Waals surface area contributed by atoms with Crippen LogP contribution in [0, 0.1) is 0 Å². The molecule has 0 aliphatic carbocycles. The van der Waals surface area contributed by atoms with Crippen molar-refractivity contribution in [2.75, 3.05) is 13.7 Å². The number of nitrogens with two attached hydrogens (primary N) is 1. The van der Waals surface area contributed by atoms with Crippen LogP contribution in [-0.4, -0.2) is 13.7 Å². The average molecular weight is 257 g/mol. The average Bonchev–Trinajstić information content (AvgIpc) is 2.48. The minimum Gasteiger partial charge on any atom is -0.497 e. The molecule has 0 heterocycles. The third-order valence-corrected chi connectivity index (χ3v) is 2.96. The van der Waals surface area contributed by atoms with Gasteiger partial charge in [-0.25, -0.2) is 0 Å². The molecule has 0 radical (unpaired) electrons. The van der Waals surface area contributed by atoms with E-state index in [1.54, 1.807) is 7.11 Å². The van der Waals surface area contributed by atoms with Gasteiger partial charge in [-0.3, -0.25) is 0 Å². The first kappa shape index (κ1) is 13.4. The minimum absolute atomic E-state index is 0.584. The highest BCUT2D eigenvalue weighted by Gasteiger charge is 1.98. The fourth-order valence-corrected chi connectivity index (χ4v) is 1.82. The topological polar surface area (TPSA) is 44.5 Å². The monoisotopic (exact) mass is 257 g/mol. The molecule has 0 fully saturated rings. The molecule has 19 heavy (non-hydrogen) atoms. The first-order chi connectivity index (χ1) is 9.31. The zero-order valence-corrected chi connectivity index (χ0v) is 11.1. The molecule has 3 heteroatoms. The van der Waals surface area contributed by atoms with Gasteiger partial charge in [0.2, 0.25) is 0 Å². The van der Waals surface area contributed by atoms with Crippen molar-refractivity contribution in [3.05, 3.63) is 59.7 Å². The smallest absolute Gasteiger partial charge is 0.122 e. The summed E-state index contributed by atoms with van der Waals surface area (Å²) >= 11 is 0. The number of methoxy groups -OCH3 is 1. The number of benzene rings is 2. The van der Waals surface area contributed by atoms with E-state index >= 15 is 0 Å². The van der Waals surface area contributed by atoms with Gasteiger partial charge in [0.1, 0.15) is 11.5 Å². The Hall–Kier alpha value is -2.00. The Bertz CT molecular complexity index is 508. The molecule has 100 valence electrons. The standard InChI is InChI=1S/C16H19NO2/c1-18-15-3-2-4-16(11-15)19-10-9-13-5-7-14(12-17)8-6-13/h2-8,11H,9-10,12,17H2,1H3. The second kappa shape index (κ2) is 6.81. The summed E-state index contributed by atoms with van der Waals surface area (Å²) in [5.41, 5.74) is 7.97. The summed E-state index contributed by atoms with van der Waals surface area (Å²) in [6.07, 6.45) is 0.877. The molecule has 0 aliphatic rings. The zero-order valence-electron chi connectivity index (χ0n) is 11.1. The maximum absolute atomic E-state index is 5.70. The summed E-state index contributed by atoms with van der Waals surface area (Å²) in [6, 6.07) is 15.9. The summed E-state index contributed by atoms with van der Waals surface area (Å²) in [4.78, 5) is 0. The van der Waals surface area contributed by atoms with Gasteiger partial charge < -0.3 is 15.2 Å². The van der Waals surface area contributed by atoms with Crippen LogP contribution in [0.15, 0.2) is 48.5 Å². The van der Waals surface area contributed by atoms with Crippen LogP contribution in [0.3, 0.4) is 0 Å². The fraction of sp³-hybridized carbons (Fsp3) is 0.250. The van der Waals surface area contributed by atoms with E-state index in [4.69, 9.17) is 15.2 Å². The predicted molar refractivity (Wildman–Crippen MR) is 76.5 cm³/mol. The van der Waals surface area contributed by atoms with E-state index in [2.05, 4.69) is 24.3 Å². The molecule has 2 aromatic rings. The maximum Gasteiger partial charge on any atom is 0.122 e. The molecule has 2 rings (SSSR count). The highest BCUT2D eigenvalue weighted by atomic mass is 16.5. The normalized spacial score (nSPS) is 10.2. The van der Waals surface area contributed by atoms with E-state index in [9.17, 15) is 0 Å². The number of rotatable bonds is 6. The van der Waals surface area contributed by atoms with Crippen molar-refractivity contribution in [2.45, 2.75) is 13.0 Å². The molecule has 2 aromatic carbocycles. The summed E-state index contributed by atoms with van der Waals surface area (Å²) in [5, 5.41) is 0. The van der Waals surface area contributed by atoms with Crippen LogP contribution in [-0.2, 0) is 13.0 Å². The molecule has 0 aliphatic heterocycles. The van der Waals surface area contributed by atoms with Gasteiger partial charge in [-0.05, 0) is 23.3 Å². The molecule has 0 saturated carbocycles. The zero-order chi connectivity index (χ0) is 13.5. The lowest BCUT2D eigenvalue weighted by molar-refractivity contribution is 0.319. The van der Waals surface area contributed by atoms with Crippen LogP contribution in [0.1, 0.15) is 11.1 Å². The van der Waals surface area contributed by atoms with E-state index < -0.39 is 0 Å². The lowest BCUT2D eigenvalue weighted by Gasteiger charge is -2.08. The Kier molecular flexibility index (Phi) is 4.81. The second-order valence-electron chi connectivity index (χ2n) is 4.30. The quantitative estimate of drug-likeness (QED) is 0.865. The molecular weight excluding hydrogens is 238 g/mol. The summed E-state index contributed by atoms with van der Waals surface area (Å²) in [7, 11) is 1.65. The van der Waals surface area contributed by atoms with Crippen molar-refractivity contribution in [2.24, 2.45) is 5.73 Å². The van der Waals surface area contributed by atoms with Crippen molar-refractivity contribution in [3.8, 4) is 11.5 Å². The molecule has 0 spiro atoms. The summed E-state index contributed by atoms with van der Waals surface area (Å²) < 4.78 is 10.9. The highest BCUT2D eigenvalue weighted by molar-refractivity contribution is 5.32. The van der Waals surface area contributed by atoms with E-state index in [0.717, 1.165) is 23.5 Å². The number of hydrogen-bond donors (Lipinski definition) is 1. The van der Waals surface area contributed by atoms with Crippen LogP contribution >= 0.6 is 0 Å². The Balaban J connectivity index is 1.85. The third-order valence-electron chi connectivity index (χ3n) is 2.96. The summed E-state index contributed by atoms with van der Waals surface area (Å²) in [6.45, 7) is 1.23. The van der Waals surface area contributed by atoms with Gasteiger partial charge >= 0.3 is 0 Å². The summed E-state index contributed by atoms with van der Waals surface area (Å²) in [5.74, 6) is 1.64. The van der Waals surface area contributed by atoms with E-state index in [1.165, 1.54) is 5.56 Å². The van der Waals surface area contributed by atoms with Gasteiger partial charge in [-0.1, -0.05) is 30.3 Å². The van der Waals surface area contributed by atoms with Crippen LogP contribution < -0.4 is 15.2 Å². The van der Waals surface area contributed by atoms with Crippen molar-refractivity contribution >= 4 is 0 Å². The van der Waals surface area contributed by atoms with Crippen LogP contribution in [0.4, 0.5) is 0 Å². The molecule has 2 N–H and O–H groups in total. The largest absolute Gasteiger partial charge is 0.497 e. The maximum atomic E-state index is 5.70. The molecular formula is C16H19NO2. The van der Waals surface area contributed by atoms with Gasteiger partial charge in [0.05, 0.1) is 13.7 Å². The van der Waals surface area contributed by atoms with Crippen LogP contribution in [0.25, 0.3) is 0 Å². The highest BCUT2D eigenvalue weighted by Crippen LogP contribution is 2.19. The van der Waals surface area contributed by atoms with E-state index in [0.29, 0.717) is 13.2 Å². The second-order valence-corrected chi connectivity index (χ2v) is 4.30. The Morgan fingerprint density at radius 2 is 1.63 bits per heavy atom. The SMILES string of the molecule is COc1cccc(OCCc2ccc(CN)cc2)c1. The Morgan fingerprint density at radius 1 is 0.947 bits per heavy atom.